The van der Waals surface area contributed by atoms with E-state index in [4.69, 9.17) is 28.6 Å². The molecular formula is C23H28ClN3O2S. The van der Waals surface area contributed by atoms with Crippen molar-refractivity contribution in [1.82, 2.24) is 5.32 Å². The molecule has 0 spiro atoms. The van der Waals surface area contributed by atoms with Crippen molar-refractivity contribution in [2.24, 2.45) is 0 Å². The van der Waals surface area contributed by atoms with Gasteiger partial charge in [0.05, 0.1) is 23.2 Å². The number of rotatable bonds is 6. The average Bonchev–Trinajstić information content (AvgIpc) is 2.76. The molecule has 1 fully saturated rings. The van der Waals surface area contributed by atoms with Crippen molar-refractivity contribution in [2.75, 3.05) is 29.9 Å². The molecule has 0 saturated carbocycles. The second kappa shape index (κ2) is 10.6. The van der Waals surface area contributed by atoms with E-state index in [1.54, 1.807) is 25.1 Å². The highest BCUT2D eigenvalue weighted by molar-refractivity contribution is 7.80. The number of piperidine rings is 1. The van der Waals surface area contributed by atoms with E-state index in [0.717, 1.165) is 18.7 Å². The molecule has 1 aliphatic heterocycles. The van der Waals surface area contributed by atoms with Gasteiger partial charge in [0.1, 0.15) is 0 Å². The molecule has 30 heavy (non-hydrogen) atoms. The average molecular weight is 446 g/mol. The molecule has 1 saturated heterocycles. The van der Waals surface area contributed by atoms with Crippen LogP contribution in [0.1, 0.15) is 55.1 Å². The highest BCUT2D eigenvalue weighted by atomic mass is 35.5. The number of hydrogen-bond acceptors (Lipinski definition) is 4. The Kier molecular flexibility index (Phi) is 7.94. The monoisotopic (exact) mass is 445 g/mol. The Hall–Kier alpha value is -2.31. The SMILES string of the molecule is CCOC(=O)c1cc(NC(=S)N[C@H](C)c2ccc(N3CCCCC3)cc2)ccc1Cl. The molecule has 3 rings (SSSR count). The summed E-state index contributed by atoms with van der Waals surface area (Å²) in [7, 11) is 0. The topological polar surface area (TPSA) is 53.6 Å². The maximum atomic E-state index is 12.0. The molecule has 0 unspecified atom stereocenters. The lowest BCUT2D eigenvalue weighted by atomic mass is 10.1. The minimum absolute atomic E-state index is 0.0391. The normalized spacial score (nSPS) is 14.7. The number of halogens is 1. The van der Waals surface area contributed by atoms with Gasteiger partial charge in [-0.05, 0) is 81.2 Å². The molecule has 2 aromatic rings. The molecule has 7 heteroatoms. The van der Waals surface area contributed by atoms with Crippen LogP contribution in [0.5, 0.6) is 0 Å². The molecule has 0 aromatic heterocycles. The number of anilines is 2. The van der Waals surface area contributed by atoms with Crippen molar-refractivity contribution < 1.29 is 9.53 Å². The molecule has 1 aliphatic rings. The predicted octanol–water partition coefficient (Wildman–Crippen LogP) is 5.55. The number of thiocarbonyl (C=S) groups is 1. The van der Waals surface area contributed by atoms with Crippen LogP contribution >= 0.6 is 23.8 Å². The second-order valence-corrected chi connectivity index (χ2v) is 8.19. The number of carbonyl (C=O) groups is 1. The highest BCUT2D eigenvalue weighted by Gasteiger charge is 2.14. The number of ether oxygens (including phenoxy) is 1. The fourth-order valence-corrected chi connectivity index (χ4v) is 4.03. The van der Waals surface area contributed by atoms with Gasteiger partial charge in [-0.3, -0.25) is 0 Å². The molecule has 1 atom stereocenters. The van der Waals surface area contributed by atoms with E-state index >= 15 is 0 Å². The summed E-state index contributed by atoms with van der Waals surface area (Å²) in [5.41, 5.74) is 3.42. The Balaban J connectivity index is 1.59. The van der Waals surface area contributed by atoms with E-state index in [-0.39, 0.29) is 6.04 Å². The van der Waals surface area contributed by atoms with E-state index in [2.05, 4.69) is 46.7 Å². The van der Waals surface area contributed by atoms with Gasteiger partial charge in [0.2, 0.25) is 0 Å². The lowest BCUT2D eigenvalue weighted by Gasteiger charge is -2.29. The van der Waals surface area contributed by atoms with Gasteiger partial charge in [-0.15, -0.1) is 0 Å². The number of nitrogens with one attached hydrogen (secondary N) is 2. The summed E-state index contributed by atoms with van der Waals surface area (Å²) < 4.78 is 5.04. The van der Waals surface area contributed by atoms with Gasteiger partial charge in [0, 0.05) is 24.5 Å². The van der Waals surface area contributed by atoms with Crippen LogP contribution in [-0.2, 0) is 4.74 Å². The van der Waals surface area contributed by atoms with E-state index in [1.165, 1.54) is 24.9 Å². The van der Waals surface area contributed by atoms with Crippen LogP contribution in [0, 0.1) is 0 Å². The summed E-state index contributed by atoms with van der Waals surface area (Å²) in [6, 6.07) is 13.8. The van der Waals surface area contributed by atoms with Gasteiger partial charge in [-0.25, -0.2) is 4.79 Å². The Morgan fingerprint density at radius 3 is 2.53 bits per heavy atom. The van der Waals surface area contributed by atoms with Crippen molar-refractivity contribution in [2.45, 2.75) is 39.2 Å². The van der Waals surface area contributed by atoms with Crippen LogP contribution < -0.4 is 15.5 Å². The molecule has 2 N–H and O–H groups in total. The maximum absolute atomic E-state index is 12.0. The van der Waals surface area contributed by atoms with E-state index in [0.29, 0.717) is 28.0 Å². The summed E-state index contributed by atoms with van der Waals surface area (Å²) in [4.78, 5) is 14.5. The molecular weight excluding hydrogens is 418 g/mol. The highest BCUT2D eigenvalue weighted by Crippen LogP contribution is 2.24. The first-order valence-corrected chi connectivity index (χ1v) is 11.2. The van der Waals surface area contributed by atoms with Gasteiger partial charge in [0.25, 0.3) is 0 Å². The first-order valence-electron chi connectivity index (χ1n) is 10.4. The largest absolute Gasteiger partial charge is 0.462 e. The zero-order valence-electron chi connectivity index (χ0n) is 17.4. The van der Waals surface area contributed by atoms with Crippen molar-refractivity contribution in [3.63, 3.8) is 0 Å². The van der Waals surface area contributed by atoms with Gasteiger partial charge >= 0.3 is 5.97 Å². The summed E-state index contributed by atoms with van der Waals surface area (Å²) >= 11 is 11.6. The quantitative estimate of drug-likeness (QED) is 0.448. The maximum Gasteiger partial charge on any atom is 0.339 e. The van der Waals surface area contributed by atoms with Gasteiger partial charge in [0.15, 0.2) is 5.11 Å². The Bertz CT molecular complexity index is 883. The third-order valence-corrected chi connectivity index (χ3v) is 5.73. The van der Waals surface area contributed by atoms with Crippen molar-refractivity contribution in [1.29, 1.82) is 0 Å². The van der Waals surface area contributed by atoms with Crippen LogP contribution in [0.4, 0.5) is 11.4 Å². The molecule has 0 bridgehead atoms. The lowest BCUT2D eigenvalue weighted by Crippen LogP contribution is -2.31. The molecule has 1 heterocycles. The first-order chi connectivity index (χ1) is 14.5. The van der Waals surface area contributed by atoms with Gasteiger partial charge < -0.3 is 20.3 Å². The fraction of sp³-hybridized carbons (Fsp3) is 0.391. The van der Waals surface area contributed by atoms with Gasteiger partial charge in [-0.2, -0.15) is 0 Å². The van der Waals surface area contributed by atoms with Crippen molar-refractivity contribution in [3.8, 4) is 0 Å². The van der Waals surface area contributed by atoms with Crippen LogP contribution in [0.25, 0.3) is 0 Å². The number of nitrogens with zero attached hydrogens (tertiary/aromatic N) is 1. The standard InChI is InChI=1S/C23H28ClN3O2S/c1-3-29-22(28)20-15-18(9-12-21(20)24)26-23(30)25-16(2)17-7-10-19(11-8-17)27-13-5-4-6-14-27/h7-12,15-16H,3-6,13-14H2,1-2H3,(H2,25,26,30)/t16-/m1/s1. The Morgan fingerprint density at radius 1 is 1.17 bits per heavy atom. The number of benzene rings is 2. The van der Waals surface area contributed by atoms with Gasteiger partial charge in [-0.1, -0.05) is 23.7 Å². The smallest absolute Gasteiger partial charge is 0.339 e. The van der Waals surface area contributed by atoms with Crippen LogP contribution in [0.2, 0.25) is 5.02 Å². The van der Waals surface area contributed by atoms with Crippen molar-refractivity contribution in [3.05, 3.63) is 58.6 Å². The van der Waals surface area contributed by atoms with E-state index < -0.39 is 5.97 Å². The minimum Gasteiger partial charge on any atom is -0.462 e. The first kappa shape index (κ1) is 22.4. The summed E-state index contributed by atoms with van der Waals surface area (Å²) in [6.45, 7) is 6.39. The molecule has 5 nitrogen and oxygen atoms in total. The minimum atomic E-state index is -0.452. The Morgan fingerprint density at radius 2 is 1.87 bits per heavy atom. The number of hydrogen-bond donors (Lipinski definition) is 2. The molecule has 0 aliphatic carbocycles. The lowest BCUT2D eigenvalue weighted by molar-refractivity contribution is 0.0526. The summed E-state index contributed by atoms with van der Waals surface area (Å²) in [5, 5.41) is 7.22. The molecule has 0 radical (unpaired) electrons. The number of esters is 1. The molecule has 0 amide bonds. The molecule has 2 aromatic carbocycles. The van der Waals surface area contributed by atoms with E-state index in [9.17, 15) is 4.79 Å². The van der Waals surface area contributed by atoms with E-state index in [1.807, 2.05) is 0 Å². The second-order valence-electron chi connectivity index (χ2n) is 7.37. The predicted molar refractivity (Wildman–Crippen MR) is 128 cm³/mol. The zero-order valence-corrected chi connectivity index (χ0v) is 19.0. The van der Waals surface area contributed by atoms with Crippen LogP contribution in [0.15, 0.2) is 42.5 Å². The fourth-order valence-electron chi connectivity index (χ4n) is 3.54. The van der Waals surface area contributed by atoms with Crippen molar-refractivity contribution >= 4 is 46.3 Å². The van der Waals surface area contributed by atoms with Crippen LogP contribution in [0.3, 0.4) is 0 Å². The third-order valence-electron chi connectivity index (χ3n) is 5.18. The summed E-state index contributed by atoms with van der Waals surface area (Å²) in [5.74, 6) is -0.452. The van der Waals surface area contributed by atoms with Crippen LogP contribution in [-0.4, -0.2) is 30.8 Å². The molecule has 160 valence electrons. The number of carbonyl (C=O) groups excluding carboxylic acids is 1. The Labute approximate surface area is 188 Å². The summed E-state index contributed by atoms with van der Waals surface area (Å²) in [6.07, 6.45) is 3.86. The zero-order chi connectivity index (χ0) is 21.5. The third kappa shape index (κ3) is 5.86.